The van der Waals surface area contributed by atoms with Gasteiger partial charge >= 0.3 is 0 Å². The Balaban J connectivity index is 2.86. The Labute approximate surface area is 75.2 Å². The molecule has 0 aromatic heterocycles. The molecule has 72 valence electrons. The summed E-state index contributed by atoms with van der Waals surface area (Å²) >= 11 is 0. The second-order valence-corrected chi connectivity index (χ2v) is 3.03. The summed E-state index contributed by atoms with van der Waals surface area (Å²) in [7, 11) is 0. The van der Waals surface area contributed by atoms with Crippen LogP contribution in [0, 0.1) is 0 Å². The van der Waals surface area contributed by atoms with E-state index < -0.39 is 0 Å². The molecule has 0 heterocycles. The normalized spacial score (nSPS) is 10.8. The van der Waals surface area contributed by atoms with Crippen molar-refractivity contribution in [2.75, 3.05) is 0 Å². The van der Waals surface area contributed by atoms with Gasteiger partial charge in [-0.3, -0.25) is 0 Å². The van der Waals surface area contributed by atoms with E-state index in [0.717, 1.165) is 6.42 Å². The van der Waals surface area contributed by atoms with Crippen LogP contribution in [0.15, 0.2) is 12.3 Å². The summed E-state index contributed by atoms with van der Waals surface area (Å²) in [5.41, 5.74) is 0. The molecule has 0 unspecified atom stereocenters. The van der Waals surface area contributed by atoms with Crippen molar-refractivity contribution < 1.29 is 10.1 Å². The SMILES string of the molecule is CCCCCCCCC=COO. The molecule has 0 saturated heterocycles. The average molecular weight is 172 g/mol. The molecule has 0 rings (SSSR count). The summed E-state index contributed by atoms with van der Waals surface area (Å²) in [6.45, 7) is 2.22. The van der Waals surface area contributed by atoms with E-state index in [2.05, 4.69) is 11.8 Å². The number of rotatable bonds is 8. The maximum atomic E-state index is 7.95. The van der Waals surface area contributed by atoms with E-state index >= 15 is 0 Å². The Hall–Kier alpha value is -0.500. The van der Waals surface area contributed by atoms with Crippen LogP contribution in [0.25, 0.3) is 0 Å². The van der Waals surface area contributed by atoms with Crippen LogP contribution >= 0.6 is 0 Å². The molecule has 2 nitrogen and oxygen atoms in total. The summed E-state index contributed by atoms with van der Waals surface area (Å²) in [5, 5.41) is 7.95. The minimum absolute atomic E-state index is 1.01. The molecular formula is C10H20O2. The van der Waals surface area contributed by atoms with Crippen LogP contribution in [0.5, 0.6) is 0 Å². The second-order valence-electron chi connectivity index (χ2n) is 3.03. The van der Waals surface area contributed by atoms with Gasteiger partial charge in [0.1, 0.15) is 6.26 Å². The van der Waals surface area contributed by atoms with Crippen LogP contribution in [0.1, 0.15) is 51.9 Å². The predicted molar refractivity (Wildman–Crippen MR) is 50.8 cm³/mol. The molecule has 0 aliphatic heterocycles. The molecule has 2 heteroatoms. The second kappa shape index (κ2) is 10.5. The lowest BCUT2D eigenvalue weighted by Gasteiger charge is -1.96. The maximum absolute atomic E-state index is 7.95. The van der Waals surface area contributed by atoms with Crippen LogP contribution < -0.4 is 0 Å². The van der Waals surface area contributed by atoms with Crippen LogP contribution in [-0.4, -0.2) is 5.26 Å². The van der Waals surface area contributed by atoms with E-state index in [9.17, 15) is 0 Å². The first-order valence-corrected chi connectivity index (χ1v) is 4.87. The highest BCUT2D eigenvalue weighted by molar-refractivity contribution is 4.71. The van der Waals surface area contributed by atoms with Crippen LogP contribution in [0.2, 0.25) is 0 Å². The monoisotopic (exact) mass is 172 g/mol. The lowest BCUT2D eigenvalue weighted by Crippen LogP contribution is -1.77. The summed E-state index contributed by atoms with van der Waals surface area (Å²) in [4.78, 5) is 3.81. The van der Waals surface area contributed by atoms with Gasteiger partial charge in [-0.2, -0.15) is 0 Å². The quantitative estimate of drug-likeness (QED) is 0.261. The molecule has 0 aliphatic carbocycles. The third kappa shape index (κ3) is 9.50. The first kappa shape index (κ1) is 11.5. The van der Waals surface area contributed by atoms with E-state index in [4.69, 9.17) is 5.26 Å². The van der Waals surface area contributed by atoms with Gasteiger partial charge in [-0.25, -0.2) is 5.26 Å². The fourth-order valence-corrected chi connectivity index (χ4v) is 1.15. The summed E-state index contributed by atoms with van der Waals surface area (Å²) in [5.74, 6) is 0. The first-order chi connectivity index (χ1) is 5.91. The van der Waals surface area contributed by atoms with Gasteiger partial charge in [0.25, 0.3) is 0 Å². The fraction of sp³-hybridized carbons (Fsp3) is 0.800. The van der Waals surface area contributed by atoms with E-state index in [0.29, 0.717) is 0 Å². The molecule has 0 aromatic carbocycles. The molecule has 0 amide bonds. The smallest absolute Gasteiger partial charge is 0.125 e. The van der Waals surface area contributed by atoms with Gasteiger partial charge < -0.3 is 4.89 Å². The predicted octanol–water partition coefficient (Wildman–Crippen LogP) is 3.74. The van der Waals surface area contributed by atoms with Gasteiger partial charge in [0, 0.05) is 0 Å². The number of allylic oxidation sites excluding steroid dienone is 1. The molecule has 0 bridgehead atoms. The third-order valence-corrected chi connectivity index (χ3v) is 1.88. The maximum Gasteiger partial charge on any atom is 0.125 e. The fourth-order valence-electron chi connectivity index (χ4n) is 1.15. The average Bonchev–Trinajstić information content (AvgIpc) is 2.10. The molecule has 0 saturated carbocycles. The Morgan fingerprint density at radius 3 is 2.42 bits per heavy atom. The molecule has 0 aliphatic rings. The van der Waals surface area contributed by atoms with E-state index in [1.165, 1.54) is 44.8 Å². The molecule has 0 atom stereocenters. The first-order valence-electron chi connectivity index (χ1n) is 4.87. The standard InChI is InChI=1S/C10H20O2/c1-2-3-4-5-6-7-8-9-10-12-11/h9-11H,2-8H2,1H3. The Morgan fingerprint density at radius 1 is 1.08 bits per heavy atom. The Kier molecular flexibility index (Phi) is 10.1. The van der Waals surface area contributed by atoms with Crippen molar-refractivity contribution in [3.05, 3.63) is 12.3 Å². The van der Waals surface area contributed by atoms with Gasteiger partial charge in [0.15, 0.2) is 0 Å². The number of unbranched alkanes of at least 4 members (excludes halogenated alkanes) is 6. The Morgan fingerprint density at radius 2 is 1.75 bits per heavy atom. The van der Waals surface area contributed by atoms with Gasteiger partial charge in [-0.15, -0.1) is 0 Å². The zero-order chi connectivity index (χ0) is 9.07. The minimum Gasteiger partial charge on any atom is -0.349 e. The Bertz CT molecular complexity index is 100. The van der Waals surface area contributed by atoms with Crippen molar-refractivity contribution in [2.24, 2.45) is 0 Å². The molecule has 0 aromatic rings. The van der Waals surface area contributed by atoms with Crippen molar-refractivity contribution in [3.8, 4) is 0 Å². The molecule has 0 spiro atoms. The highest BCUT2D eigenvalue weighted by Crippen LogP contribution is 2.06. The number of hydrogen-bond donors (Lipinski definition) is 1. The van der Waals surface area contributed by atoms with Crippen molar-refractivity contribution in [2.45, 2.75) is 51.9 Å². The van der Waals surface area contributed by atoms with Gasteiger partial charge in [0.05, 0.1) is 0 Å². The summed E-state index contributed by atoms with van der Waals surface area (Å²) in [6.07, 6.45) is 12.0. The highest BCUT2D eigenvalue weighted by Gasteiger charge is 1.87. The van der Waals surface area contributed by atoms with Crippen molar-refractivity contribution in [1.29, 1.82) is 0 Å². The van der Waals surface area contributed by atoms with E-state index in [-0.39, 0.29) is 0 Å². The largest absolute Gasteiger partial charge is 0.349 e. The van der Waals surface area contributed by atoms with Gasteiger partial charge in [-0.05, 0) is 18.9 Å². The van der Waals surface area contributed by atoms with Gasteiger partial charge in [-0.1, -0.05) is 39.0 Å². The van der Waals surface area contributed by atoms with Crippen molar-refractivity contribution in [1.82, 2.24) is 0 Å². The lowest BCUT2D eigenvalue weighted by atomic mass is 10.1. The topological polar surface area (TPSA) is 29.5 Å². The van der Waals surface area contributed by atoms with Crippen molar-refractivity contribution >= 4 is 0 Å². The lowest BCUT2D eigenvalue weighted by molar-refractivity contribution is -0.186. The molecule has 1 N–H and O–H groups in total. The van der Waals surface area contributed by atoms with E-state index in [1.54, 1.807) is 0 Å². The molecule has 0 fully saturated rings. The minimum atomic E-state index is 1.01. The number of hydrogen-bond acceptors (Lipinski definition) is 2. The van der Waals surface area contributed by atoms with Crippen LogP contribution in [0.4, 0.5) is 0 Å². The van der Waals surface area contributed by atoms with Crippen LogP contribution in [0.3, 0.4) is 0 Å². The third-order valence-electron chi connectivity index (χ3n) is 1.88. The highest BCUT2D eigenvalue weighted by atomic mass is 17.1. The summed E-state index contributed by atoms with van der Waals surface area (Å²) < 4.78 is 0. The van der Waals surface area contributed by atoms with Crippen molar-refractivity contribution in [3.63, 3.8) is 0 Å². The molecule has 12 heavy (non-hydrogen) atoms. The van der Waals surface area contributed by atoms with Crippen LogP contribution in [-0.2, 0) is 4.89 Å². The molecule has 0 radical (unpaired) electrons. The van der Waals surface area contributed by atoms with Gasteiger partial charge in [0.2, 0.25) is 0 Å². The zero-order valence-electron chi connectivity index (χ0n) is 7.96. The van der Waals surface area contributed by atoms with E-state index in [1.807, 2.05) is 6.08 Å². The zero-order valence-corrected chi connectivity index (χ0v) is 7.96. The summed E-state index contributed by atoms with van der Waals surface area (Å²) in [6, 6.07) is 0. The molecular weight excluding hydrogens is 152 g/mol.